The van der Waals surface area contributed by atoms with E-state index in [4.69, 9.17) is 9.26 Å². The second-order valence-corrected chi connectivity index (χ2v) is 4.54. The molecule has 2 aromatic rings. The van der Waals surface area contributed by atoms with Crippen LogP contribution in [0.25, 0.3) is 11.3 Å². The zero-order valence-corrected chi connectivity index (χ0v) is 10.4. The Labute approximate surface area is 110 Å². The Hall–Kier alpha value is -1.72. The second-order valence-electron chi connectivity index (χ2n) is 4.54. The standard InChI is InChI=1S/C14H15FN2O2/c15-11-4-1-3-10(9-16-13-5-2-7-18-13)14(11)12-6-8-19-17-12/h1,3-4,6,8,13,16H,2,5,7,9H2. The maximum atomic E-state index is 14.0. The van der Waals surface area contributed by atoms with E-state index in [0.717, 1.165) is 25.0 Å². The molecule has 2 heterocycles. The zero-order valence-electron chi connectivity index (χ0n) is 10.4. The van der Waals surface area contributed by atoms with Gasteiger partial charge >= 0.3 is 0 Å². The molecule has 0 spiro atoms. The van der Waals surface area contributed by atoms with Gasteiger partial charge in [-0.1, -0.05) is 17.3 Å². The molecule has 1 saturated heterocycles. The molecule has 1 aliphatic heterocycles. The van der Waals surface area contributed by atoms with Crippen molar-refractivity contribution in [3.8, 4) is 11.3 Å². The fraction of sp³-hybridized carbons (Fsp3) is 0.357. The highest BCUT2D eigenvalue weighted by Crippen LogP contribution is 2.25. The molecule has 0 saturated carbocycles. The van der Waals surface area contributed by atoms with Crippen LogP contribution < -0.4 is 5.32 Å². The number of hydrogen-bond donors (Lipinski definition) is 1. The third-order valence-corrected chi connectivity index (χ3v) is 3.24. The van der Waals surface area contributed by atoms with E-state index in [-0.39, 0.29) is 12.0 Å². The molecule has 0 radical (unpaired) electrons. The molecule has 0 aliphatic carbocycles. The highest BCUT2D eigenvalue weighted by atomic mass is 19.1. The van der Waals surface area contributed by atoms with E-state index in [0.29, 0.717) is 17.8 Å². The number of aromatic nitrogens is 1. The monoisotopic (exact) mass is 262 g/mol. The van der Waals surface area contributed by atoms with Crippen molar-refractivity contribution < 1.29 is 13.7 Å². The summed E-state index contributed by atoms with van der Waals surface area (Å²) in [7, 11) is 0. The minimum Gasteiger partial charge on any atom is -0.364 e. The fourth-order valence-electron chi connectivity index (χ4n) is 2.31. The van der Waals surface area contributed by atoms with Crippen molar-refractivity contribution in [1.29, 1.82) is 0 Å². The van der Waals surface area contributed by atoms with E-state index in [2.05, 4.69) is 10.5 Å². The lowest BCUT2D eigenvalue weighted by Gasteiger charge is -2.14. The molecule has 0 bridgehead atoms. The third kappa shape index (κ3) is 2.67. The molecule has 5 heteroatoms. The van der Waals surface area contributed by atoms with Gasteiger partial charge in [0.2, 0.25) is 0 Å². The van der Waals surface area contributed by atoms with Crippen molar-refractivity contribution in [3.05, 3.63) is 41.9 Å². The van der Waals surface area contributed by atoms with Gasteiger partial charge in [0.1, 0.15) is 24.0 Å². The molecule has 3 rings (SSSR count). The Morgan fingerprint density at radius 1 is 1.37 bits per heavy atom. The van der Waals surface area contributed by atoms with Crippen molar-refractivity contribution in [2.45, 2.75) is 25.6 Å². The summed E-state index contributed by atoms with van der Waals surface area (Å²) in [5, 5.41) is 7.09. The first-order valence-electron chi connectivity index (χ1n) is 6.38. The topological polar surface area (TPSA) is 47.3 Å². The number of benzene rings is 1. The molecule has 1 aliphatic rings. The van der Waals surface area contributed by atoms with Gasteiger partial charge in [-0.05, 0) is 24.5 Å². The number of hydrogen-bond acceptors (Lipinski definition) is 4. The SMILES string of the molecule is Fc1cccc(CNC2CCCO2)c1-c1ccon1. The summed E-state index contributed by atoms with van der Waals surface area (Å²) in [6, 6.07) is 6.67. The van der Waals surface area contributed by atoms with E-state index in [1.54, 1.807) is 12.1 Å². The molecule has 19 heavy (non-hydrogen) atoms. The van der Waals surface area contributed by atoms with Gasteiger partial charge in [0.05, 0.1) is 0 Å². The predicted molar refractivity (Wildman–Crippen MR) is 67.7 cm³/mol. The summed E-state index contributed by atoms with van der Waals surface area (Å²) in [4.78, 5) is 0. The lowest BCUT2D eigenvalue weighted by Crippen LogP contribution is -2.27. The van der Waals surface area contributed by atoms with Gasteiger partial charge in [0.25, 0.3) is 0 Å². The molecule has 1 aromatic heterocycles. The van der Waals surface area contributed by atoms with Crippen molar-refractivity contribution in [3.63, 3.8) is 0 Å². The van der Waals surface area contributed by atoms with Crippen molar-refractivity contribution >= 4 is 0 Å². The first kappa shape index (κ1) is 12.3. The van der Waals surface area contributed by atoms with E-state index in [1.807, 2.05) is 6.07 Å². The third-order valence-electron chi connectivity index (χ3n) is 3.24. The second kappa shape index (κ2) is 5.50. The summed E-state index contributed by atoms with van der Waals surface area (Å²) in [5.74, 6) is -0.291. The Bertz CT molecular complexity index is 536. The van der Waals surface area contributed by atoms with Crippen LogP contribution in [0.5, 0.6) is 0 Å². The highest BCUT2D eigenvalue weighted by Gasteiger charge is 2.17. The van der Waals surface area contributed by atoms with Crippen LogP contribution in [0.2, 0.25) is 0 Å². The zero-order chi connectivity index (χ0) is 13.1. The smallest absolute Gasteiger partial charge is 0.133 e. The van der Waals surface area contributed by atoms with Crippen LogP contribution in [0.4, 0.5) is 4.39 Å². The molecule has 1 atom stereocenters. The summed E-state index contributed by atoms with van der Waals surface area (Å²) in [6.07, 6.45) is 3.57. The number of rotatable bonds is 4. The summed E-state index contributed by atoms with van der Waals surface area (Å²) in [6.45, 7) is 1.33. The largest absolute Gasteiger partial charge is 0.364 e. The summed E-state index contributed by atoms with van der Waals surface area (Å²) < 4.78 is 24.3. The lowest BCUT2D eigenvalue weighted by atomic mass is 10.0. The summed E-state index contributed by atoms with van der Waals surface area (Å²) in [5.41, 5.74) is 1.85. The van der Waals surface area contributed by atoms with Gasteiger partial charge in [0, 0.05) is 24.8 Å². The Kier molecular flexibility index (Phi) is 3.57. The molecule has 4 nitrogen and oxygen atoms in total. The molecule has 1 aromatic carbocycles. The summed E-state index contributed by atoms with van der Waals surface area (Å²) >= 11 is 0. The highest BCUT2D eigenvalue weighted by molar-refractivity contribution is 5.63. The van der Waals surface area contributed by atoms with Crippen molar-refractivity contribution in [2.24, 2.45) is 0 Å². The Morgan fingerprint density at radius 2 is 2.32 bits per heavy atom. The van der Waals surface area contributed by atoms with Crippen LogP contribution in [0.15, 0.2) is 35.1 Å². The van der Waals surface area contributed by atoms with Crippen LogP contribution in [0.1, 0.15) is 18.4 Å². The van der Waals surface area contributed by atoms with Crippen molar-refractivity contribution in [2.75, 3.05) is 6.61 Å². The minimum atomic E-state index is -0.291. The average Bonchev–Trinajstić information content (AvgIpc) is 3.09. The molecule has 0 amide bonds. The number of halogens is 1. The lowest BCUT2D eigenvalue weighted by molar-refractivity contribution is 0.0828. The van der Waals surface area contributed by atoms with Crippen LogP contribution >= 0.6 is 0 Å². The van der Waals surface area contributed by atoms with Gasteiger partial charge in [-0.25, -0.2) is 4.39 Å². The van der Waals surface area contributed by atoms with E-state index < -0.39 is 0 Å². The van der Waals surface area contributed by atoms with Crippen LogP contribution in [0, 0.1) is 5.82 Å². The molecular formula is C14H15FN2O2. The van der Waals surface area contributed by atoms with E-state index >= 15 is 0 Å². The van der Waals surface area contributed by atoms with Gasteiger partial charge in [-0.2, -0.15) is 0 Å². The van der Waals surface area contributed by atoms with Gasteiger partial charge < -0.3 is 9.26 Å². The van der Waals surface area contributed by atoms with Crippen LogP contribution in [-0.4, -0.2) is 18.0 Å². The molecule has 100 valence electrons. The predicted octanol–water partition coefficient (Wildman–Crippen LogP) is 2.71. The normalized spacial score (nSPS) is 18.9. The Balaban J connectivity index is 1.82. The molecule has 1 fully saturated rings. The van der Waals surface area contributed by atoms with Crippen molar-refractivity contribution in [1.82, 2.24) is 10.5 Å². The first-order valence-corrected chi connectivity index (χ1v) is 6.38. The first-order chi connectivity index (χ1) is 9.34. The van der Waals surface area contributed by atoms with Gasteiger partial charge in [-0.3, -0.25) is 5.32 Å². The van der Waals surface area contributed by atoms with Crippen LogP contribution in [-0.2, 0) is 11.3 Å². The van der Waals surface area contributed by atoms with E-state index in [9.17, 15) is 4.39 Å². The number of nitrogens with one attached hydrogen (secondary N) is 1. The minimum absolute atomic E-state index is 0.0634. The van der Waals surface area contributed by atoms with Gasteiger partial charge in [-0.15, -0.1) is 0 Å². The number of nitrogens with zero attached hydrogens (tertiary/aromatic N) is 1. The number of ether oxygens (including phenoxy) is 1. The molecule has 1 N–H and O–H groups in total. The Morgan fingerprint density at radius 3 is 3.05 bits per heavy atom. The maximum absolute atomic E-state index is 14.0. The van der Waals surface area contributed by atoms with Crippen LogP contribution in [0.3, 0.4) is 0 Å². The fourth-order valence-corrected chi connectivity index (χ4v) is 2.31. The molecular weight excluding hydrogens is 247 g/mol. The molecule has 1 unspecified atom stereocenters. The van der Waals surface area contributed by atoms with Gasteiger partial charge in [0.15, 0.2) is 0 Å². The quantitative estimate of drug-likeness (QED) is 0.920. The average molecular weight is 262 g/mol. The maximum Gasteiger partial charge on any atom is 0.133 e. The van der Waals surface area contributed by atoms with E-state index in [1.165, 1.54) is 12.3 Å².